The van der Waals surface area contributed by atoms with Gasteiger partial charge in [-0.05, 0) is 18.9 Å². The highest BCUT2D eigenvalue weighted by Crippen LogP contribution is 2.34. The van der Waals surface area contributed by atoms with Crippen molar-refractivity contribution in [3.8, 4) is 0 Å². The van der Waals surface area contributed by atoms with E-state index >= 15 is 0 Å². The summed E-state index contributed by atoms with van der Waals surface area (Å²) in [6.45, 7) is 0.456. The van der Waals surface area contributed by atoms with E-state index < -0.39 is 17.7 Å². The summed E-state index contributed by atoms with van der Waals surface area (Å²) in [5.41, 5.74) is 0.207. The van der Waals surface area contributed by atoms with Gasteiger partial charge in [-0.1, -0.05) is 12.1 Å². The Morgan fingerprint density at radius 2 is 2.19 bits per heavy atom. The summed E-state index contributed by atoms with van der Waals surface area (Å²) in [6.07, 6.45) is 1.09. The van der Waals surface area contributed by atoms with Gasteiger partial charge in [0, 0.05) is 24.7 Å². The number of benzene rings is 1. The Bertz CT molecular complexity index is 368. The van der Waals surface area contributed by atoms with Gasteiger partial charge in [0.1, 0.15) is 0 Å². The molecule has 2 rings (SSSR count). The maximum Gasteiger partial charge on any atom is 0.164 e. The zero-order valence-corrected chi connectivity index (χ0v) is 8.83. The van der Waals surface area contributed by atoms with Gasteiger partial charge in [-0.15, -0.1) is 0 Å². The largest absolute Gasteiger partial charge is 0.396 e. The molecule has 1 fully saturated rings. The Balaban J connectivity index is 2.30. The first-order chi connectivity index (χ1) is 7.74. The number of aliphatic hydroxyl groups excluding tert-OH is 1. The van der Waals surface area contributed by atoms with E-state index in [0.717, 1.165) is 18.9 Å². The molecule has 1 aliphatic rings. The van der Waals surface area contributed by atoms with Crippen LogP contribution in [0.25, 0.3) is 0 Å². The molecule has 1 heterocycles. The lowest BCUT2D eigenvalue weighted by Gasteiger charge is -2.31. The van der Waals surface area contributed by atoms with E-state index in [1.54, 1.807) is 0 Å². The topological polar surface area (TPSA) is 29.5 Å². The van der Waals surface area contributed by atoms with Crippen molar-refractivity contribution in [2.45, 2.75) is 18.9 Å². The van der Waals surface area contributed by atoms with Gasteiger partial charge in [-0.3, -0.25) is 0 Å². The van der Waals surface area contributed by atoms with Gasteiger partial charge in [-0.25, -0.2) is 8.78 Å². The minimum Gasteiger partial charge on any atom is -0.396 e. The van der Waals surface area contributed by atoms with Crippen molar-refractivity contribution in [2.75, 3.05) is 13.2 Å². The third-order valence-electron chi connectivity index (χ3n) is 2.97. The van der Waals surface area contributed by atoms with E-state index in [-0.39, 0.29) is 18.1 Å². The normalized spacial score (nSPS) is 25.7. The molecule has 0 amide bonds. The van der Waals surface area contributed by atoms with Crippen molar-refractivity contribution in [1.29, 1.82) is 0 Å². The fraction of sp³-hybridized carbons (Fsp3) is 0.500. The van der Waals surface area contributed by atoms with Crippen LogP contribution < -0.4 is 0 Å². The lowest BCUT2D eigenvalue weighted by molar-refractivity contribution is -0.0476. The summed E-state index contributed by atoms with van der Waals surface area (Å²) in [6, 6.07) is 4.05. The maximum absolute atomic E-state index is 13.6. The Morgan fingerprint density at radius 3 is 2.94 bits per heavy atom. The van der Waals surface area contributed by atoms with Crippen LogP contribution in [0.3, 0.4) is 0 Å². The summed E-state index contributed by atoms with van der Waals surface area (Å²) in [5, 5.41) is 9.19. The molecule has 1 aromatic rings. The van der Waals surface area contributed by atoms with Crippen LogP contribution in [0.2, 0.25) is 0 Å². The smallest absolute Gasteiger partial charge is 0.164 e. The molecular formula is C12H14F2O2. The van der Waals surface area contributed by atoms with Crippen LogP contribution in [-0.2, 0) is 4.74 Å². The second kappa shape index (κ2) is 4.89. The lowest BCUT2D eigenvalue weighted by atomic mass is 9.90. The molecule has 2 atom stereocenters. The zero-order chi connectivity index (χ0) is 11.5. The van der Waals surface area contributed by atoms with Crippen LogP contribution in [0.4, 0.5) is 8.78 Å². The minimum atomic E-state index is -0.872. The van der Waals surface area contributed by atoms with Crippen LogP contribution in [-0.4, -0.2) is 18.3 Å². The molecule has 16 heavy (non-hydrogen) atoms. The SMILES string of the molecule is OCC1CCCOC1c1cccc(F)c1F. The third kappa shape index (κ3) is 2.08. The van der Waals surface area contributed by atoms with E-state index in [1.807, 2.05) is 0 Å². The van der Waals surface area contributed by atoms with E-state index in [0.29, 0.717) is 6.61 Å². The lowest BCUT2D eigenvalue weighted by Crippen LogP contribution is -2.26. The van der Waals surface area contributed by atoms with Crippen molar-refractivity contribution in [3.05, 3.63) is 35.4 Å². The van der Waals surface area contributed by atoms with Crippen molar-refractivity contribution >= 4 is 0 Å². The molecule has 1 aromatic carbocycles. The Kier molecular flexibility index (Phi) is 3.51. The van der Waals surface area contributed by atoms with Gasteiger partial charge >= 0.3 is 0 Å². The predicted octanol–water partition coefficient (Wildman–Crippen LogP) is 2.42. The van der Waals surface area contributed by atoms with Crippen LogP contribution >= 0.6 is 0 Å². The van der Waals surface area contributed by atoms with Crippen LogP contribution in [0.15, 0.2) is 18.2 Å². The van der Waals surface area contributed by atoms with Gasteiger partial charge in [0.05, 0.1) is 6.10 Å². The number of rotatable bonds is 2. The van der Waals surface area contributed by atoms with Gasteiger partial charge in [0.25, 0.3) is 0 Å². The van der Waals surface area contributed by atoms with Crippen LogP contribution in [0.1, 0.15) is 24.5 Å². The number of aliphatic hydroxyl groups is 1. The number of halogens is 2. The second-order valence-electron chi connectivity index (χ2n) is 4.02. The van der Waals surface area contributed by atoms with Crippen LogP contribution in [0, 0.1) is 17.6 Å². The van der Waals surface area contributed by atoms with Crippen molar-refractivity contribution < 1.29 is 18.6 Å². The summed E-state index contributed by atoms with van der Waals surface area (Å²) in [4.78, 5) is 0. The van der Waals surface area contributed by atoms with E-state index in [9.17, 15) is 13.9 Å². The average Bonchev–Trinajstić information content (AvgIpc) is 2.33. The molecule has 1 N–H and O–H groups in total. The first kappa shape index (κ1) is 11.5. The highest BCUT2D eigenvalue weighted by molar-refractivity contribution is 5.22. The fourth-order valence-electron chi connectivity index (χ4n) is 2.11. The third-order valence-corrected chi connectivity index (χ3v) is 2.97. The highest BCUT2D eigenvalue weighted by Gasteiger charge is 2.29. The van der Waals surface area contributed by atoms with E-state index in [1.165, 1.54) is 12.1 Å². The molecule has 0 spiro atoms. The van der Waals surface area contributed by atoms with Gasteiger partial charge in [-0.2, -0.15) is 0 Å². The standard InChI is InChI=1S/C12H14F2O2/c13-10-5-1-4-9(11(10)14)12-8(7-15)3-2-6-16-12/h1,4-5,8,12,15H,2-3,6-7H2. The predicted molar refractivity (Wildman–Crippen MR) is 54.9 cm³/mol. The fourth-order valence-corrected chi connectivity index (χ4v) is 2.11. The monoisotopic (exact) mass is 228 g/mol. The van der Waals surface area contributed by atoms with Crippen molar-refractivity contribution in [3.63, 3.8) is 0 Å². The average molecular weight is 228 g/mol. The molecule has 88 valence electrons. The van der Waals surface area contributed by atoms with E-state index in [2.05, 4.69) is 0 Å². The number of hydrogen-bond acceptors (Lipinski definition) is 2. The summed E-state index contributed by atoms with van der Waals surface area (Å²) in [7, 11) is 0. The van der Waals surface area contributed by atoms with Crippen molar-refractivity contribution in [2.24, 2.45) is 5.92 Å². The second-order valence-corrected chi connectivity index (χ2v) is 4.02. The van der Waals surface area contributed by atoms with Gasteiger partial charge < -0.3 is 9.84 Å². The Labute approximate surface area is 92.9 Å². The molecule has 1 aliphatic heterocycles. The molecule has 0 radical (unpaired) electrons. The van der Waals surface area contributed by atoms with Crippen molar-refractivity contribution in [1.82, 2.24) is 0 Å². The van der Waals surface area contributed by atoms with Gasteiger partial charge in [0.15, 0.2) is 11.6 Å². The molecule has 0 aromatic heterocycles. The zero-order valence-electron chi connectivity index (χ0n) is 8.83. The molecule has 0 saturated carbocycles. The minimum absolute atomic E-state index is 0.0688. The molecule has 1 saturated heterocycles. The molecule has 4 heteroatoms. The molecular weight excluding hydrogens is 214 g/mol. The molecule has 2 unspecified atom stereocenters. The first-order valence-corrected chi connectivity index (χ1v) is 5.40. The van der Waals surface area contributed by atoms with E-state index in [4.69, 9.17) is 4.74 Å². The molecule has 2 nitrogen and oxygen atoms in total. The molecule has 0 bridgehead atoms. The Morgan fingerprint density at radius 1 is 1.38 bits per heavy atom. The summed E-state index contributed by atoms with van der Waals surface area (Å²) >= 11 is 0. The highest BCUT2D eigenvalue weighted by atomic mass is 19.2. The van der Waals surface area contributed by atoms with Crippen LogP contribution in [0.5, 0.6) is 0 Å². The first-order valence-electron chi connectivity index (χ1n) is 5.40. The number of ether oxygens (including phenoxy) is 1. The summed E-state index contributed by atoms with van der Waals surface area (Å²) < 4.78 is 32.1. The molecule has 0 aliphatic carbocycles. The number of hydrogen-bond donors (Lipinski definition) is 1. The summed E-state index contributed by atoms with van der Waals surface area (Å²) in [5.74, 6) is -1.89. The van der Waals surface area contributed by atoms with Gasteiger partial charge in [0.2, 0.25) is 0 Å². The Hall–Kier alpha value is -1.00. The quantitative estimate of drug-likeness (QED) is 0.842. The maximum atomic E-state index is 13.6.